The molecule has 2 aromatic rings. The van der Waals surface area contributed by atoms with Crippen LogP contribution in [-0.4, -0.2) is 27.7 Å². The summed E-state index contributed by atoms with van der Waals surface area (Å²) >= 11 is 1.49. The highest BCUT2D eigenvalue weighted by Crippen LogP contribution is 2.42. The van der Waals surface area contributed by atoms with Crippen molar-refractivity contribution in [1.82, 2.24) is 15.2 Å². The molecule has 1 fully saturated rings. The lowest BCUT2D eigenvalue weighted by atomic mass is 9.72. The molecule has 30 heavy (non-hydrogen) atoms. The Labute approximate surface area is 184 Å². The van der Waals surface area contributed by atoms with Gasteiger partial charge >= 0.3 is 0 Å². The summed E-state index contributed by atoms with van der Waals surface area (Å²) in [5.41, 5.74) is 4.20. The Bertz CT molecular complexity index is 912. The van der Waals surface area contributed by atoms with Crippen LogP contribution in [0.15, 0.2) is 41.1 Å². The molecule has 0 bridgehead atoms. The third-order valence-corrected chi connectivity index (χ3v) is 6.94. The normalized spacial score (nSPS) is 25.2. The molecule has 1 saturated carbocycles. The van der Waals surface area contributed by atoms with Crippen molar-refractivity contribution in [3.63, 3.8) is 0 Å². The van der Waals surface area contributed by atoms with E-state index in [2.05, 4.69) is 65.5 Å². The Morgan fingerprint density at radius 3 is 2.83 bits per heavy atom. The molecule has 4 rings (SSSR count). The van der Waals surface area contributed by atoms with E-state index in [9.17, 15) is 0 Å². The topological polar surface area (TPSA) is 59.9 Å². The molecule has 1 N–H and O–H groups in total. The number of thioether (sulfide) groups is 1. The van der Waals surface area contributed by atoms with Gasteiger partial charge in [0.25, 0.3) is 0 Å². The Balaban J connectivity index is 1.54. The first-order valence-corrected chi connectivity index (χ1v) is 12.2. The van der Waals surface area contributed by atoms with Crippen LogP contribution in [-0.2, 0) is 0 Å². The van der Waals surface area contributed by atoms with E-state index in [1.54, 1.807) is 0 Å². The Morgan fingerprint density at radius 1 is 1.23 bits per heavy atom. The predicted molar refractivity (Wildman–Crippen MR) is 124 cm³/mol. The Morgan fingerprint density at radius 2 is 2.07 bits per heavy atom. The summed E-state index contributed by atoms with van der Waals surface area (Å²) in [5, 5.41) is 13.0. The Kier molecular flexibility index (Phi) is 6.61. The minimum atomic E-state index is -0.104. The number of fused-ring (bicyclic) bond motifs is 3. The fourth-order valence-corrected chi connectivity index (χ4v) is 5.10. The van der Waals surface area contributed by atoms with Crippen LogP contribution >= 0.6 is 11.8 Å². The van der Waals surface area contributed by atoms with Gasteiger partial charge in [0.1, 0.15) is 0 Å². The van der Waals surface area contributed by atoms with Gasteiger partial charge in [0.15, 0.2) is 11.9 Å². The van der Waals surface area contributed by atoms with E-state index in [0.29, 0.717) is 22.9 Å². The standard InChI is InChI=1S/C24H32N4OS/c1-15(2)8-7-9-17-12-13-18(16(3)14-17)22-25-20-11-6-5-10-19(20)21-23(29-22)26-24(30-4)28-27-21/h5-6,8,10-11,16-18,22,25H,7,9,12-14H2,1-4H3. The zero-order valence-electron chi connectivity index (χ0n) is 18.4. The monoisotopic (exact) mass is 424 g/mol. The van der Waals surface area contributed by atoms with Crippen LogP contribution in [0.2, 0.25) is 0 Å². The van der Waals surface area contributed by atoms with Gasteiger partial charge < -0.3 is 10.1 Å². The van der Waals surface area contributed by atoms with Gasteiger partial charge in [0.2, 0.25) is 11.0 Å². The maximum atomic E-state index is 6.49. The predicted octanol–water partition coefficient (Wildman–Crippen LogP) is 6.19. The van der Waals surface area contributed by atoms with Gasteiger partial charge in [-0.3, -0.25) is 0 Å². The van der Waals surface area contributed by atoms with Crippen LogP contribution in [0.5, 0.6) is 5.88 Å². The zero-order valence-corrected chi connectivity index (χ0v) is 19.2. The van der Waals surface area contributed by atoms with E-state index in [1.165, 1.54) is 49.4 Å². The molecular formula is C24H32N4OS. The molecule has 6 heteroatoms. The molecule has 2 heterocycles. The summed E-state index contributed by atoms with van der Waals surface area (Å²) in [7, 11) is 0. The summed E-state index contributed by atoms with van der Waals surface area (Å²) in [4.78, 5) is 4.65. The van der Waals surface area contributed by atoms with Crippen LogP contribution in [0, 0.1) is 17.8 Å². The minimum Gasteiger partial charge on any atom is -0.452 e. The lowest BCUT2D eigenvalue weighted by Crippen LogP contribution is -2.40. The smallest absolute Gasteiger partial charge is 0.247 e. The number of nitrogens with zero attached hydrogens (tertiary/aromatic N) is 3. The molecule has 5 nitrogen and oxygen atoms in total. The van der Waals surface area contributed by atoms with Crippen molar-refractivity contribution >= 4 is 17.4 Å². The SMILES string of the molecule is CSc1nnc2c(n1)OC(C1CCC(CCC=C(C)C)CC1C)Nc1ccccc1-2. The minimum absolute atomic E-state index is 0.104. The highest BCUT2D eigenvalue weighted by molar-refractivity contribution is 7.98. The fraction of sp³-hybridized carbons (Fsp3) is 0.542. The molecule has 0 saturated heterocycles. The second-order valence-corrected chi connectivity index (χ2v) is 9.63. The number of benzene rings is 1. The molecule has 1 aromatic carbocycles. The number of aromatic nitrogens is 3. The third kappa shape index (κ3) is 4.64. The van der Waals surface area contributed by atoms with Gasteiger partial charge in [0.05, 0.1) is 0 Å². The number of para-hydroxylation sites is 1. The van der Waals surface area contributed by atoms with Gasteiger partial charge in [-0.25, -0.2) is 0 Å². The maximum absolute atomic E-state index is 6.49. The van der Waals surface area contributed by atoms with Crippen molar-refractivity contribution in [2.75, 3.05) is 11.6 Å². The second kappa shape index (κ2) is 9.38. The highest BCUT2D eigenvalue weighted by Gasteiger charge is 2.37. The van der Waals surface area contributed by atoms with Crippen molar-refractivity contribution in [1.29, 1.82) is 0 Å². The van der Waals surface area contributed by atoms with Gasteiger partial charge in [-0.2, -0.15) is 4.98 Å². The van der Waals surface area contributed by atoms with Crippen molar-refractivity contribution < 1.29 is 4.74 Å². The van der Waals surface area contributed by atoms with Crippen LogP contribution < -0.4 is 10.1 Å². The van der Waals surface area contributed by atoms with E-state index in [-0.39, 0.29) is 6.23 Å². The number of nitrogens with one attached hydrogen (secondary N) is 1. The van der Waals surface area contributed by atoms with E-state index in [4.69, 9.17) is 4.74 Å². The lowest BCUT2D eigenvalue weighted by Gasteiger charge is -2.38. The van der Waals surface area contributed by atoms with Crippen LogP contribution in [0.4, 0.5) is 5.69 Å². The van der Waals surface area contributed by atoms with Crippen LogP contribution in [0.25, 0.3) is 11.3 Å². The lowest BCUT2D eigenvalue weighted by molar-refractivity contribution is 0.0698. The molecule has 0 spiro atoms. The van der Waals surface area contributed by atoms with Crippen molar-refractivity contribution in [2.24, 2.45) is 17.8 Å². The fourth-order valence-electron chi connectivity index (χ4n) is 4.80. The highest BCUT2D eigenvalue weighted by atomic mass is 32.2. The first-order valence-electron chi connectivity index (χ1n) is 11.0. The maximum Gasteiger partial charge on any atom is 0.247 e. The van der Waals surface area contributed by atoms with Crippen molar-refractivity contribution in [2.45, 2.75) is 64.3 Å². The second-order valence-electron chi connectivity index (χ2n) is 8.86. The number of hydrogen-bond donors (Lipinski definition) is 1. The molecule has 1 aromatic heterocycles. The quantitative estimate of drug-likeness (QED) is 0.456. The third-order valence-electron chi connectivity index (χ3n) is 6.40. The average molecular weight is 425 g/mol. The number of hydrogen-bond acceptors (Lipinski definition) is 6. The molecular weight excluding hydrogens is 392 g/mol. The molecule has 1 aliphatic heterocycles. The summed E-state index contributed by atoms with van der Waals surface area (Å²) in [6.07, 6.45) is 10.4. The first kappa shape index (κ1) is 21.2. The molecule has 0 amide bonds. The van der Waals surface area contributed by atoms with Crippen LogP contribution in [0.3, 0.4) is 0 Å². The largest absolute Gasteiger partial charge is 0.452 e. The number of allylic oxidation sites excluding steroid dienone is 2. The summed E-state index contributed by atoms with van der Waals surface area (Å²) in [6.45, 7) is 6.75. The van der Waals surface area contributed by atoms with Crippen molar-refractivity contribution in [3.8, 4) is 17.1 Å². The van der Waals surface area contributed by atoms with E-state index in [0.717, 1.165) is 22.9 Å². The van der Waals surface area contributed by atoms with Gasteiger partial charge in [0, 0.05) is 17.2 Å². The molecule has 160 valence electrons. The Hall–Kier alpha value is -2.08. The van der Waals surface area contributed by atoms with Crippen molar-refractivity contribution in [3.05, 3.63) is 35.9 Å². The first-order chi connectivity index (χ1) is 14.5. The summed E-state index contributed by atoms with van der Waals surface area (Å²) in [5.74, 6) is 2.44. The molecule has 1 aliphatic carbocycles. The van der Waals surface area contributed by atoms with Gasteiger partial charge in [-0.1, -0.05) is 48.5 Å². The number of anilines is 1. The molecule has 4 unspecified atom stereocenters. The summed E-state index contributed by atoms with van der Waals surface area (Å²) in [6, 6.07) is 8.23. The van der Waals surface area contributed by atoms with Gasteiger partial charge in [-0.15, -0.1) is 10.2 Å². The van der Waals surface area contributed by atoms with Gasteiger partial charge in [-0.05, 0) is 70.1 Å². The van der Waals surface area contributed by atoms with E-state index in [1.807, 2.05) is 12.3 Å². The van der Waals surface area contributed by atoms with Crippen LogP contribution in [0.1, 0.15) is 52.9 Å². The van der Waals surface area contributed by atoms with E-state index >= 15 is 0 Å². The molecule has 2 aliphatic rings. The number of ether oxygens (including phenoxy) is 1. The average Bonchev–Trinajstić information content (AvgIpc) is 2.89. The molecule has 4 atom stereocenters. The molecule has 0 radical (unpaired) electrons. The van der Waals surface area contributed by atoms with E-state index < -0.39 is 0 Å². The number of rotatable bonds is 5. The zero-order chi connectivity index (χ0) is 21.1. The summed E-state index contributed by atoms with van der Waals surface area (Å²) < 4.78 is 6.49.